The number of hydrogen-bond donors (Lipinski definition) is 0. The predicted molar refractivity (Wildman–Crippen MR) is 87.6 cm³/mol. The molecule has 1 aliphatic rings. The third kappa shape index (κ3) is 3.88. The Kier molecular flexibility index (Phi) is 4.75. The Morgan fingerprint density at radius 1 is 1.46 bits per heavy atom. The number of carbonyl (C=O) groups excluding carboxylic acids is 1. The van der Waals surface area contributed by atoms with Gasteiger partial charge >= 0.3 is 0 Å². The van der Waals surface area contributed by atoms with Crippen LogP contribution in [0.2, 0.25) is 0 Å². The van der Waals surface area contributed by atoms with Crippen LogP contribution >= 0.6 is 0 Å². The number of amides is 1. The molecule has 1 unspecified atom stereocenters. The van der Waals surface area contributed by atoms with E-state index in [1.54, 1.807) is 24.3 Å². The first kappa shape index (κ1) is 16.4. The van der Waals surface area contributed by atoms with Crippen molar-refractivity contribution in [1.82, 2.24) is 29.8 Å². The number of pyridine rings is 1. The van der Waals surface area contributed by atoms with Crippen LogP contribution in [0.3, 0.4) is 0 Å². The van der Waals surface area contributed by atoms with Crippen molar-refractivity contribution in [3.63, 3.8) is 0 Å². The Bertz CT molecular complexity index is 714. The van der Waals surface area contributed by atoms with Gasteiger partial charge in [0.1, 0.15) is 11.9 Å². The third-order valence-corrected chi connectivity index (χ3v) is 3.82. The lowest BCUT2D eigenvalue weighted by Crippen LogP contribution is -2.31. The lowest BCUT2D eigenvalue weighted by Gasteiger charge is -2.17. The third-order valence-electron chi connectivity index (χ3n) is 3.82. The highest BCUT2D eigenvalue weighted by molar-refractivity contribution is 5.92. The Hall–Kier alpha value is -2.48. The van der Waals surface area contributed by atoms with Gasteiger partial charge in [0.15, 0.2) is 5.69 Å². The normalized spacial score (nSPS) is 17.5. The van der Waals surface area contributed by atoms with Gasteiger partial charge in [-0.25, -0.2) is 0 Å². The van der Waals surface area contributed by atoms with Crippen LogP contribution in [-0.4, -0.2) is 69.0 Å². The molecule has 24 heavy (non-hydrogen) atoms. The lowest BCUT2D eigenvalue weighted by molar-refractivity contribution is 0.0766. The van der Waals surface area contributed by atoms with Crippen molar-refractivity contribution in [3.8, 4) is 5.75 Å². The van der Waals surface area contributed by atoms with Crippen molar-refractivity contribution in [2.45, 2.75) is 19.1 Å². The van der Waals surface area contributed by atoms with E-state index in [0.29, 0.717) is 18.8 Å². The molecule has 1 saturated heterocycles. The van der Waals surface area contributed by atoms with Gasteiger partial charge in [0.25, 0.3) is 5.91 Å². The molecule has 0 bridgehead atoms. The summed E-state index contributed by atoms with van der Waals surface area (Å²) in [5.74, 6) is 0.692. The van der Waals surface area contributed by atoms with Crippen molar-refractivity contribution in [3.05, 3.63) is 35.9 Å². The summed E-state index contributed by atoms with van der Waals surface area (Å²) in [6.45, 7) is 1.98. The summed E-state index contributed by atoms with van der Waals surface area (Å²) in [7, 11) is 5.75. The summed E-state index contributed by atoms with van der Waals surface area (Å²) in [5, 5.41) is 7.68. The maximum Gasteiger partial charge on any atom is 0.276 e. The van der Waals surface area contributed by atoms with Gasteiger partial charge in [-0.05, 0) is 20.2 Å². The highest BCUT2D eigenvalue weighted by Crippen LogP contribution is 2.20. The zero-order valence-corrected chi connectivity index (χ0v) is 14.2. The van der Waals surface area contributed by atoms with E-state index in [1.807, 2.05) is 26.2 Å². The molecule has 8 nitrogen and oxygen atoms in total. The fourth-order valence-electron chi connectivity index (χ4n) is 2.75. The topological polar surface area (TPSA) is 76.4 Å². The zero-order chi connectivity index (χ0) is 17.1. The molecule has 0 N–H and O–H groups in total. The number of aromatic nitrogens is 4. The summed E-state index contributed by atoms with van der Waals surface area (Å²) >= 11 is 0. The van der Waals surface area contributed by atoms with Crippen LogP contribution < -0.4 is 4.74 Å². The van der Waals surface area contributed by atoms with Crippen molar-refractivity contribution < 1.29 is 9.53 Å². The first-order valence-corrected chi connectivity index (χ1v) is 7.93. The van der Waals surface area contributed by atoms with Crippen LogP contribution in [0.4, 0.5) is 0 Å². The molecule has 128 valence electrons. The smallest absolute Gasteiger partial charge is 0.276 e. The van der Waals surface area contributed by atoms with Crippen LogP contribution in [0.15, 0.2) is 24.5 Å². The number of ether oxygens (including phenoxy) is 1. The largest absolute Gasteiger partial charge is 0.488 e. The van der Waals surface area contributed by atoms with Crippen molar-refractivity contribution in [2.24, 2.45) is 7.05 Å². The average Bonchev–Trinajstić information content (AvgIpc) is 3.15. The quantitative estimate of drug-likeness (QED) is 0.797. The second-order valence-corrected chi connectivity index (χ2v) is 6.28. The van der Waals surface area contributed by atoms with Gasteiger partial charge in [0.2, 0.25) is 0 Å². The van der Waals surface area contributed by atoms with Crippen molar-refractivity contribution >= 4 is 5.91 Å². The predicted octanol–water partition coefficient (Wildman–Crippen LogP) is 0.565. The molecule has 1 aliphatic heterocycles. The van der Waals surface area contributed by atoms with Gasteiger partial charge in [0.05, 0.1) is 18.4 Å². The van der Waals surface area contributed by atoms with Gasteiger partial charge < -0.3 is 14.5 Å². The molecular formula is C16H22N6O2. The molecule has 0 spiro atoms. The fraction of sp³-hybridized carbons (Fsp3) is 0.500. The lowest BCUT2D eigenvalue weighted by atomic mass is 10.3. The van der Waals surface area contributed by atoms with Crippen molar-refractivity contribution in [1.29, 1.82) is 0 Å². The summed E-state index contributed by atoms with van der Waals surface area (Å²) in [6.07, 6.45) is 4.18. The highest BCUT2D eigenvalue weighted by Gasteiger charge is 2.29. The van der Waals surface area contributed by atoms with Crippen LogP contribution in [0.25, 0.3) is 0 Å². The molecule has 3 rings (SSSR count). The molecule has 0 aliphatic carbocycles. The minimum atomic E-state index is -0.0998. The summed E-state index contributed by atoms with van der Waals surface area (Å²) in [4.78, 5) is 20.5. The average molecular weight is 330 g/mol. The number of nitrogens with zero attached hydrogens (tertiary/aromatic N) is 6. The van der Waals surface area contributed by atoms with Crippen LogP contribution in [0.5, 0.6) is 5.75 Å². The van der Waals surface area contributed by atoms with E-state index in [1.165, 1.54) is 4.68 Å². The van der Waals surface area contributed by atoms with E-state index in [0.717, 1.165) is 24.4 Å². The molecule has 3 heterocycles. The Labute approximate surface area is 141 Å². The molecule has 0 aromatic carbocycles. The van der Waals surface area contributed by atoms with E-state index < -0.39 is 0 Å². The van der Waals surface area contributed by atoms with E-state index >= 15 is 0 Å². The van der Waals surface area contributed by atoms with Gasteiger partial charge in [-0.3, -0.25) is 14.5 Å². The first-order chi connectivity index (χ1) is 11.5. The van der Waals surface area contributed by atoms with E-state index in [2.05, 4.69) is 20.2 Å². The number of rotatable bonds is 5. The number of hydrogen-bond acceptors (Lipinski definition) is 6. The van der Waals surface area contributed by atoms with Gasteiger partial charge in [-0.15, -0.1) is 5.10 Å². The monoisotopic (exact) mass is 330 g/mol. The SMILES string of the molecule is CN(C)Cc1cc(OC2CCN(C(=O)c3cn(C)nn3)C2)ccn1. The molecule has 2 aromatic rings. The van der Waals surface area contributed by atoms with Gasteiger partial charge in [-0.1, -0.05) is 5.21 Å². The second kappa shape index (κ2) is 6.96. The molecular weight excluding hydrogens is 308 g/mol. The Morgan fingerprint density at radius 3 is 3.00 bits per heavy atom. The fourth-order valence-corrected chi connectivity index (χ4v) is 2.75. The summed E-state index contributed by atoms with van der Waals surface area (Å²) in [6, 6.07) is 3.81. The van der Waals surface area contributed by atoms with E-state index in [9.17, 15) is 4.79 Å². The maximum atomic E-state index is 12.4. The molecule has 0 radical (unpaired) electrons. The van der Waals surface area contributed by atoms with E-state index in [-0.39, 0.29) is 12.0 Å². The number of aryl methyl sites for hydroxylation is 1. The molecule has 8 heteroatoms. The summed E-state index contributed by atoms with van der Waals surface area (Å²) in [5.41, 5.74) is 1.33. The standard InChI is InChI=1S/C16H22N6O2/c1-20(2)9-12-8-13(4-6-17-12)24-14-5-7-22(10-14)16(23)15-11-21(3)19-18-15/h4,6,8,11,14H,5,7,9-10H2,1-3H3. The minimum absolute atomic E-state index is 0.0137. The summed E-state index contributed by atoms with van der Waals surface area (Å²) < 4.78 is 7.55. The molecule has 1 fully saturated rings. The van der Waals surface area contributed by atoms with Crippen LogP contribution in [-0.2, 0) is 13.6 Å². The van der Waals surface area contributed by atoms with E-state index in [4.69, 9.17) is 4.74 Å². The van der Waals surface area contributed by atoms with Gasteiger partial charge in [0, 0.05) is 38.8 Å². The molecule has 2 aromatic heterocycles. The minimum Gasteiger partial charge on any atom is -0.488 e. The Balaban J connectivity index is 1.59. The molecule has 0 saturated carbocycles. The molecule has 1 amide bonds. The number of likely N-dealkylation sites (tertiary alicyclic amines) is 1. The Morgan fingerprint density at radius 2 is 2.29 bits per heavy atom. The highest BCUT2D eigenvalue weighted by atomic mass is 16.5. The molecule has 1 atom stereocenters. The van der Waals surface area contributed by atoms with Crippen LogP contribution in [0.1, 0.15) is 22.6 Å². The van der Waals surface area contributed by atoms with Gasteiger partial charge in [-0.2, -0.15) is 0 Å². The first-order valence-electron chi connectivity index (χ1n) is 7.93. The maximum absolute atomic E-state index is 12.4. The zero-order valence-electron chi connectivity index (χ0n) is 14.2. The number of carbonyl (C=O) groups is 1. The second-order valence-electron chi connectivity index (χ2n) is 6.28. The van der Waals surface area contributed by atoms with Crippen LogP contribution in [0, 0.1) is 0 Å². The van der Waals surface area contributed by atoms with Crippen molar-refractivity contribution in [2.75, 3.05) is 27.2 Å².